The fraction of sp³-hybridized carbons (Fsp3) is 0.179. The molecule has 0 atom stereocenters. The molecule has 0 spiro atoms. The van der Waals surface area contributed by atoms with Gasteiger partial charge < -0.3 is 0 Å². The van der Waals surface area contributed by atoms with E-state index in [9.17, 15) is 0 Å². The van der Waals surface area contributed by atoms with Crippen molar-refractivity contribution in [3.8, 4) is 11.4 Å². The predicted octanol–water partition coefficient (Wildman–Crippen LogP) is 5.48. The van der Waals surface area contributed by atoms with Crippen LogP contribution in [0.2, 0.25) is 0 Å². The van der Waals surface area contributed by atoms with Crippen molar-refractivity contribution in [3.05, 3.63) is 101 Å². The van der Waals surface area contributed by atoms with Gasteiger partial charge in [-0.3, -0.25) is 0 Å². The van der Waals surface area contributed by atoms with Crippen LogP contribution in [0.15, 0.2) is 72.9 Å². The molecule has 5 rings (SSSR count). The zero-order valence-corrected chi connectivity index (χ0v) is 18.8. The van der Waals surface area contributed by atoms with Gasteiger partial charge in [0.25, 0.3) is 0 Å². The van der Waals surface area contributed by atoms with Crippen molar-refractivity contribution in [1.29, 1.82) is 0 Å². The molecule has 3 nitrogen and oxygen atoms in total. The van der Waals surface area contributed by atoms with E-state index >= 15 is 0 Å². The lowest BCUT2D eigenvalue weighted by molar-refractivity contribution is -0.616. The first kappa shape index (κ1) is 19.4. The molecule has 0 N–H and O–H groups in total. The number of aromatic nitrogens is 3. The summed E-state index contributed by atoms with van der Waals surface area (Å²) in [6.45, 7) is 10.8. The highest BCUT2D eigenvalue weighted by molar-refractivity contribution is 5.81. The lowest BCUT2D eigenvalue weighted by atomic mass is 10.0. The van der Waals surface area contributed by atoms with Crippen molar-refractivity contribution < 1.29 is 9.13 Å². The Kier molecular flexibility index (Phi) is 4.55. The van der Waals surface area contributed by atoms with E-state index in [1.54, 1.807) is 0 Å². The Bertz CT molecular complexity index is 1480. The number of hydrogen-bond acceptors (Lipinski definition) is 1. The Hall–Kier alpha value is -3.59. The lowest BCUT2D eigenvalue weighted by Gasteiger charge is -2.13. The Morgan fingerprint density at radius 3 is 2.19 bits per heavy atom. The SMILES string of the molecule is Cc1cc(-[n+]2cc3ccccc3cc2C)c(C)c(-[n+]2c(C)nc3ccccc3c2C)c1. The third-order valence-corrected chi connectivity index (χ3v) is 6.24. The van der Waals surface area contributed by atoms with Crippen LogP contribution in [0.4, 0.5) is 0 Å². The second kappa shape index (κ2) is 7.28. The smallest absolute Gasteiger partial charge is 0.197 e. The van der Waals surface area contributed by atoms with E-state index in [4.69, 9.17) is 4.98 Å². The summed E-state index contributed by atoms with van der Waals surface area (Å²) in [7, 11) is 0. The van der Waals surface area contributed by atoms with Crippen LogP contribution in [-0.2, 0) is 0 Å². The maximum Gasteiger partial charge on any atom is 0.301 e. The Morgan fingerprint density at radius 1 is 0.710 bits per heavy atom. The molecule has 5 aromatic rings. The molecule has 0 saturated carbocycles. The zero-order valence-electron chi connectivity index (χ0n) is 18.8. The first-order valence-electron chi connectivity index (χ1n) is 10.7. The number of benzene rings is 3. The first-order valence-corrected chi connectivity index (χ1v) is 10.7. The van der Waals surface area contributed by atoms with Crippen LogP contribution >= 0.6 is 0 Å². The third kappa shape index (κ3) is 3.17. The van der Waals surface area contributed by atoms with Crippen molar-refractivity contribution in [3.63, 3.8) is 0 Å². The molecule has 2 heterocycles. The van der Waals surface area contributed by atoms with Gasteiger partial charge in [0.2, 0.25) is 5.69 Å². The number of para-hydroxylation sites is 1. The summed E-state index contributed by atoms with van der Waals surface area (Å²) in [6, 6.07) is 23.7. The van der Waals surface area contributed by atoms with Crippen molar-refractivity contribution >= 4 is 21.7 Å². The lowest BCUT2D eigenvalue weighted by Crippen LogP contribution is -2.42. The van der Waals surface area contributed by atoms with Gasteiger partial charge in [0.1, 0.15) is 11.4 Å². The van der Waals surface area contributed by atoms with Crippen LogP contribution in [0.3, 0.4) is 0 Å². The monoisotopic (exact) mass is 405 g/mol. The van der Waals surface area contributed by atoms with Crippen molar-refractivity contribution in [2.75, 3.05) is 0 Å². The summed E-state index contributed by atoms with van der Waals surface area (Å²) in [5.74, 6) is 0.996. The van der Waals surface area contributed by atoms with E-state index in [1.165, 1.54) is 50.0 Å². The molecule has 0 radical (unpaired) electrons. The molecule has 0 unspecified atom stereocenters. The minimum absolute atomic E-state index is 0.996. The van der Waals surface area contributed by atoms with Crippen LogP contribution < -0.4 is 9.13 Å². The van der Waals surface area contributed by atoms with Gasteiger partial charge in [0.05, 0.1) is 10.9 Å². The standard InChI is InChI=1S/C28H27N3/c1-18-14-27(30-17-24-11-7-6-10-23(24)16-19(30)2)20(3)28(15-18)31-21(4)25-12-8-9-13-26(25)29-22(31)5/h6-17H,1-5H3/q+2. The normalized spacial score (nSPS) is 11.4. The minimum Gasteiger partial charge on any atom is -0.197 e. The largest absolute Gasteiger partial charge is 0.301 e. The van der Waals surface area contributed by atoms with Gasteiger partial charge in [-0.2, -0.15) is 9.13 Å². The highest BCUT2D eigenvalue weighted by Crippen LogP contribution is 2.22. The van der Waals surface area contributed by atoms with Gasteiger partial charge in [-0.05, 0) is 61.0 Å². The average molecular weight is 406 g/mol. The van der Waals surface area contributed by atoms with Gasteiger partial charge in [-0.25, -0.2) is 0 Å². The highest BCUT2D eigenvalue weighted by Gasteiger charge is 2.25. The van der Waals surface area contributed by atoms with Crippen LogP contribution in [0.25, 0.3) is 33.1 Å². The van der Waals surface area contributed by atoms with Crippen molar-refractivity contribution in [1.82, 2.24) is 4.98 Å². The summed E-state index contributed by atoms with van der Waals surface area (Å²) in [4.78, 5) is 4.90. The van der Waals surface area contributed by atoms with Crippen LogP contribution in [-0.4, -0.2) is 4.98 Å². The first-order chi connectivity index (χ1) is 14.9. The second-order valence-corrected chi connectivity index (χ2v) is 8.44. The highest BCUT2D eigenvalue weighted by atomic mass is 15.1. The third-order valence-electron chi connectivity index (χ3n) is 6.24. The average Bonchev–Trinajstić information content (AvgIpc) is 2.75. The van der Waals surface area contributed by atoms with E-state index in [0.29, 0.717) is 0 Å². The fourth-order valence-electron chi connectivity index (χ4n) is 4.68. The number of rotatable bonds is 2. The maximum atomic E-state index is 4.90. The molecule has 152 valence electrons. The molecule has 31 heavy (non-hydrogen) atoms. The van der Waals surface area contributed by atoms with E-state index in [2.05, 4.69) is 111 Å². The van der Waals surface area contributed by atoms with E-state index in [-0.39, 0.29) is 0 Å². The number of hydrogen-bond donors (Lipinski definition) is 0. The Labute approximate surface area is 183 Å². The molecule has 0 aliphatic rings. The van der Waals surface area contributed by atoms with E-state index in [1.807, 2.05) is 6.07 Å². The summed E-state index contributed by atoms with van der Waals surface area (Å²) in [6.07, 6.45) is 2.25. The Balaban J connectivity index is 1.80. The van der Waals surface area contributed by atoms with Gasteiger partial charge >= 0.3 is 5.82 Å². The molecule has 0 amide bonds. The van der Waals surface area contributed by atoms with Crippen LogP contribution in [0.1, 0.15) is 28.3 Å². The molecule has 0 bridgehead atoms. The van der Waals surface area contributed by atoms with Gasteiger partial charge in [0, 0.05) is 31.4 Å². The molecule has 0 saturated heterocycles. The van der Waals surface area contributed by atoms with Gasteiger partial charge in [-0.1, -0.05) is 30.3 Å². The number of fused-ring (bicyclic) bond motifs is 2. The van der Waals surface area contributed by atoms with Crippen LogP contribution in [0.5, 0.6) is 0 Å². The number of pyridine rings is 1. The molecule has 2 aromatic heterocycles. The predicted molar refractivity (Wildman–Crippen MR) is 126 cm³/mol. The molecule has 3 heteroatoms. The zero-order chi connectivity index (χ0) is 21.7. The van der Waals surface area contributed by atoms with Gasteiger partial charge in [0.15, 0.2) is 17.4 Å². The molecule has 3 aromatic carbocycles. The van der Waals surface area contributed by atoms with Crippen molar-refractivity contribution in [2.45, 2.75) is 34.6 Å². The van der Waals surface area contributed by atoms with Crippen LogP contribution in [0, 0.1) is 34.6 Å². The quantitative estimate of drug-likeness (QED) is 0.356. The summed E-state index contributed by atoms with van der Waals surface area (Å²) in [5.41, 5.74) is 8.33. The number of nitrogens with zero attached hydrogens (tertiary/aromatic N) is 3. The van der Waals surface area contributed by atoms with Gasteiger partial charge in [-0.15, -0.1) is 0 Å². The summed E-state index contributed by atoms with van der Waals surface area (Å²) in [5, 5.41) is 3.69. The fourth-order valence-corrected chi connectivity index (χ4v) is 4.68. The molecular formula is C28H27N3+2. The van der Waals surface area contributed by atoms with E-state index in [0.717, 1.165) is 11.3 Å². The molecule has 0 aliphatic heterocycles. The molecule has 0 aliphatic carbocycles. The summed E-state index contributed by atoms with van der Waals surface area (Å²) >= 11 is 0. The maximum absolute atomic E-state index is 4.90. The minimum atomic E-state index is 0.996. The second-order valence-electron chi connectivity index (χ2n) is 8.44. The number of aryl methyl sites for hydroxylation is 4. The molecule has 0 fully saturated rings. The van der Waals surface area contributed by atoms with Crippen molar-refractivity contribution in [2.24, 2.45) is 0 Å². The topological polar surface area (TPSA) is 20.6 Å². The summed E-state index contributed by atoms with van der Waals surface area (Å²) < 4.78 is 4.61. The molecular weight excluding hydrogens is 378 g/mol. The van der Waals surface area contributed by atoms with E-state index < -0.39 is 0 Å². The Morgan fingerprint density at radius 2 is 1.39 bits per heavy atom.